The van der Waals surface area contributed by atoms with Crippen LogP contribution in [0.2, 0.25) is 0 Å². The second-order valence-electron chi connectivity index (χ2n) is 6.65. The average molecular weight is 331 g/mol. The van der Waals surface area contributed by atoms with Gasteiger partial charge in [-0.25, -0.2) is 12.7 Å². The maximum atomic E-state index is 12.5. The number of nitrogens with zero attached hydrogens (tertiary/aromatic N) is 1. The number of carbonyl (C=O) groups excluding carboxylic acids is 1. The molecule has 2 rings (SSSR count). The Hall–Kier alpha value is -0.660. The molecule has 0 unspecified atom stereocenters. The highest BCUT2D eigenvalue weighted by atomic mass is 32.2. The SMILES string of the molecule is CCCS(=O)(=O)N1CCC(NC(=O)C2(CN)CCCC2)CC1. The van der Waals surface area contributed by atoms with Gasteiger partial charge >= 0.3 is 0 Å². The van der Waals surface area contributed by atoms with Crippen molar-refractivity contribution in [2.45, 2.75) is 57.9 Å². The third-order valence-corrected chi connectivity index (χ3v) is 7.15. The van der Waals surface area contributed by atoms with E-state index in [0.29, 0.717) is 38.9 Å². The van der Waals surface area contributed by atoms with Crippen molar-refractivity contribution in [1.82, 2.24) is 9.62 Å². The second kappa shape index (κ2) is 7.27. The molecule has 1 saturated heterocycles. The van der Waals surface area contributed by atoms with E-state index in [1.54, 1.807) is 4.31 Å². The zero-order valence-electron chi connectivity index (χ0n) is 13.5. The Kier molecular flexibility index (Phi) is 5.85. The highest BCUT2D eigenvalue weighted by molar-refractivity contribution is 7.89. The normalized spacial score (nSPS) is 23.5. The topological polar surface area (TPSA) is 92.5 Å². The molecule has 128 valence electrons. The zero-order valence-corrected chi connectivity index (χ0v) is 14.3. The summed E-state index contributed by atoms with van der Waals surface area (Å²) >= 11 is 0. The van der Waals surface area contributed by atoms with Crippen LogP contribution in [0.1, 0.15) is 51.9 Å². The average Bonchev–Trinajstić information content (AvgIpc) is 2.98. The van der Waals surface area contributed by atoms with Crippen molar-refractivity contribution in [2.75, 3.05) is 25.4 Å². The van der Waals surface area contributed by atoms with Crippen molar-refractivity contribution in [3.05, 3.63) is 0 Å². The molecule has 0 atom stereocenters. The predicted molar refractivity (Wildman–Crippen MR) is 86.8 cm³/mol. The number of hydrogen-bond acceptors (Lipinski definition) is 4. The fraction of sp³-hybridized carbons (Fsp3) is 0.933. The van der Waals surface area contributed by atoms with Crippen molar-refractivity contribution >= 4 is 15.9 Å². The highest BCUT2D eigenvalue weighted by Gasteiger charge is 2.41. The minimum atomic E-state index is -3.12. The number of amides is 1. The number of hydrogen-bond donors (Lipinski definition) is 2. The van der Waals surface area contributed by atoms with E-state index >= 15 is 0 Å². The van der Waals surface area contributed by atoms with Crippen LogP contribution in [0.4, 0.5) is 0 Å². The molecule has 0 radical (unpaired) electrons. The van der Waals surface area contributed by atoms with Gasteiger partial charge in [0.2, 0.25) is 15.9 Å². The molecule has 1 aliphatic carbocycles. The summed E-state index contributed by atoms with van der Waals surface area (Å²) in [7, 11) is -3.12. The van der Waals surface area contributed by atoms with Crippen molar-refractivity contribution < 1.29 is 13.2 Å². The fourth-order valence-electron chi connectivity index (χ4n) is 3.58. The van der Waals surface area contributed by atoms with Gasteiger partial charge in [0.15, 0.2) is 0 Å². The second-order valence-corrected chi connectivity index (χ2v) is 8.74. The zero-order chi connectivity index (χ0) is 16.2. The molecule has 1 heterocycles. The minimum absolute atomic E-state index is 0.0716. The van der Waals surface area contributed by atoms with E-state index in [-0.39, 0.29) is 23.1 Å². The maximum absolute atomic E-state index is 12.5. The third-order valence-electron chi connectivity index (χ3n) is 5.08. The van der Waals surface area contributed by atoms with Crippen LogP contribution in [-0.2, 0) is 14.8 Å². The molecular weight excluding hydrogens is 302 g/mol. The van der Waals surface area contributed by atoms with Gasteiger partial charge in [0.25, 0.3) is 0 Å². The van der Waals surface area contributed by atoms with Crippen LogP contribution in [0.15, 0.2) is 0 Å². The van der Waals surface area contributed by atoms with Crippen LogP contribution in [-0.4, -0.2) is 50.1 Å². The summed E-state index contributed by atoms with van der Waals surface area (Å²) in [6.07, 6.45) is 5.90. The van der Waals surface area contributed by atoms with Crippen molar-refractivity contribution in [3.8, 4) is 0 Å². The molecule has 0 aromatic rings. The van der Waals surface area contributed by atoms with Crippen LogP contribution >= 0.6 is 0 Å². The van der Waals surface area contributed by atoms with E-state index in [9.17, 15) is 13.2 Å². The number of nitrogens with two attached hydrogens (primary N) is 1. The molecule has 0 spiro atoms. The van der Waals surface area contributed by atoms with E-state index in [1.165, 1.54) is 0 Å². The molecule has 0 bridgehead atoms. The summed E-state index contributed by atoms with van der Waals surface area (Å²) in [6.45, 7) is 3.28. The summed E-state index contributed by atoms with van der Waals surface area (Å²) < 4.78 is 25.6. The van der Waals surface area contributed by atoms with E-state index in [0.717, 1.165) is 25.7 Å². The lowest BCUT2D eigenvalue weighted by Crippen LogP contribution is -2.52. The van der Waals surface area contributed by atoms with Crippen molar-refractivity contribution in [1.29, 1.82) is 0 Å². The number of rotatable bonds is 6. The number of sulfonamides is 1. The smallest absolute Gasteiger partial charge is 0.227 e. The van der Waals surface area contributed by atoms with Crippen LogP contribution in [0.5, 0.6) is 0 Å². The lowest BCUT2D eigenvalue weighted by molar-refractivity contribution is -0.131. The molecule has 0 aromatic carbocycles. The predicted octanol–water partition coefficient (Wildman–Crippen LogP) is 0.826. The Morgan fingerprint density at radius 3 is 2.36 bits per heavy atom. The van der Waals surface area contributed by atoms with Gasteiger partial charge in [-0.1, -0.05) is 19.8 Å². The number of piperidine rings is 1. The van der Waals surface area contributed by atoms with Crippen molar-refractivity contribution in [2.24, 2.45) is 11.1 Å². The van der Waals surface area contributed by atoms with Crippen LogP contribution in [0, 0.1) is 5.41 Å². The largest absolute Gasteiger partial charge is 0.353 e. The lowest BCUT2D eigenvalue weighted by Gasteiger charge is -2.34. The Morgan fingerprint density at radius 1 is 1.27 bits per heavy atom. The summed E-state index contributed by atoms with van der Waals surface area (Å²) in [5.74, 6) is 0.280. The number of carbonyl (C=O) groups is 1. The van der Waals surface area contributed by atoms with Gasteiger partial charge in [0, 0.05) is 25.7 Å². The molecule has 2 fully saturated rings. The van der Waals surface area contributed by atoms with Gasteiger partial charge in [-0.15, -0.1) is 0 Å². The van der Waals surface area contributed by atoms with Gasteiger partial charge in [-0.05, 0) is 32.1 Å². The Labute approximate surface area is 133 Å². The molecule has 7 heteroatoms. The fourth-order valence-corrected chi connectivity index (χ4v) is 5.12. The Balaban J connectivity index is 1.86. The van der Waals surface area contributed by atoms with E-state index < -0.39 is 10.0 Å². The molecular formula is C15H29N3O3S. The lowest BCUT2D eigenvalue weighted by atomic mass is 9.84. The molecule has 1 amide bonds. The third kappa shape index (κ3) is 3.81. The minimum Gasteiger partial charge on any atom is -0.353 e. The van der Waals surface area contributed by atoms with E-state index in [4.69, 9.17) is 5.73 Å². The standard InChI is InChI=1S/C15H29N3O3S/c1-2-11-22(20,21)18-9-5-13(6-10-18)17-14(19)15(12-16)7-3-4-8-15/h13H,2-12,16H2,1H3,(H,17,19). The molecule has 1 saturated carbocycles. The van der Waals surface area contributed by atoms with Crippen LogP contribution in [0.3, 0.4) is 0 Å². The molecule has 0 aromatic heterocycles. The number of nitrogens with one attached hydrogen (secondary N) is 1. The van der Waals surface area contributed by atoms with Crippen LogP contribution in [0.25, 0.3) is 0 Å². The highest BCUT2D eigenvalue weighted by Crippen LogP contribution is 2.37. The van der Waals surface area contributed by atoms with Gasteiger partial charge in [-0.2, -0.15) is 0 Å². The summed E-state index contributed by atoms with van der Waals surface area (Å²) in [5, 5.41) is 3.12. The summed E-state index contributed by atoms with van der Waals surface area (Å²) in [6, 6.07) is 0.0737. The van der Waals surface area contributed by atoms with Gasteiger partial charge < -0.3 is 11.1 Å². The summed E-state index contributed by atoms with van der Waals surface area (Å²) in [5.41, 5.74) is 5.46. The summed E-state index contributed by atoms with van der Waals surface area (Å²) in [4.78, 5) is 12.5. The molecule has 2 aliphatic rings. The monoisotopic (exact) mass is 331 g/mol. The first kappa shape index (κ1) is 17.7. The van der Waals surface area contributed by atoms with Gasteiger partial charge in [-0.3, -0.25) is 4.79 Å². The quantitative estimate of drug-likeness (QED) is 0.754. The maximum Gasteiger partial charge on any atom is 0.227 e. The van der Waals surface area contributed by atoms with Crippen LogP contribution < -0.4 is 11.1 Å². The molecule has 6 nitrogen and oxygen atoms in total. The molecule has 1 aliphatic heterocycles. The molecule has 22 heavy (non-hydrogen) atoms. The Morgan fingerprint density at radius 2 is 1.86 bits per heavy atom. The Bertz CT molecular complexity index is 478. The van der Waals surface area contributed by atoms with E-state index in [1.807, 2.05) is 6.92 Å². The first-order valence-electron chi connectivity index (χ1n) is 8.42. The first-order valence-corrected chi connectivity index (χ1v) is 10.0. The van der Waals surface area contributed by atoms with Gasteiger partial charge in [0.1, 0.15) is 0 Å². The molecule has 3 N–H and O–H groups in total. The van der Waals surface area contributed by atoms with E-state index in [2.05, 4.69) is 5.32 Å². The first-order chi connectivity index (χ1) is 10.4. The van der Waals surface area contributed by atoms with Gasteiger partial charge in [0.05, 0.1) is 11.2 Å². The van der Waals surface area contributed by atoms with Crippen molar-refractivity contribution in [3.63, 3.8) is 0 Å².